The highest BCUT2D eigenvalue weighted by Gasteiger charge is 2.28. The standard InChI is InChI=1S/C14H20N2O2/c1-10-4-3-5-13(8-10)18-11(2)14(17)16-7-6-12(15)9-16/h3-5,8,11-12H,6-7,9,15H2,1-2H3/t11-,12+/m1/s1. The smallest absolute Gasteiger partial charge is 0.263 e. The van der Waals surface area contributed by atoms with Gasteiger partial charge < -0.3 is 15.4 Å². The van der Waals surface area contributed by atoms with E-state index in [1.165, 1.54) is 0 Å². The molecule has 0 aliphatic carbocycles. The van der Waals surface area contributed by atoms with Crippen molar-refractivity contribution in [2.75, 3.05) is 13.1 Å². The molecule has 1 fully saturated rings. The number of benzene rings is 1. The number of carbonyl (C=O) groups is 1. The van der Waals surface area contributed by atoms with Gasteiger partial charge in [-0.25, -0.2) is 0 Å². The highest BCUT2D eigenvalue weighted by molar-refractivity contribution is 5.81. The van der Waals surface area contributed by atoms with Crippen molar-refractivity contribution in [1.29, 1.82) is 0 Å². The molecule has 2 N–H and O–H groups in total. The number of amides is 1. The number of nitrogens with zero attached hydrogens (tertiary/aromatic N) is 1. The van der Waals surface area contributed by atoms with E-state index in [4.69, 9.17) is 10.5 Å². The molecule has 0 radical (unpaired) electrons. The molecule has 1 aromatic carbocycles. The van der Waals surface area contributed by atoms with Crippen LogP contribution in [0.4, 0.5) is 0 Å². The molecule has 18 heavy (non-hydrogen) atoms. The molecule has 1 heterocycles. The molecule has 1 aromatic rings. The normalized spacial score (nSPS) is 20.8. The molecule has 1 saturated heterocycles. The van der Waals surface area contributed by atoms with Gasteiger partial charge in [-0.1, -0.05) is 12.1 Å². The van der Waals surface area contributed by atoms with Crippen LogP contribution in [0.3, 0.4) is 0 Å². The van der Waals surface area contributed by atoms with Crippen LogP contribution in [0.15, 0.2) is 24.3 Å². The Labute approximate surface area is 108 Å². The van der Waals surface area contributed by atoms with Crippen LogP contribution in [-0.4, -0.2) is 36.0 Å². The molecule has 2 rings (SSSR count). The predicted octanol–water partition coefficient (Wildman–Crippen LogP) is 1.32. The topological polar surface area (TPSA) is 55.6 Å². The van der Waals surface area contributed by atoms with Crippen molar-refractivity contribution in [3.05, 3.63) is 29.8 Å². The van der Waals surface area contributed by atoms with Crippen molar-refractivity contribution in [1.82, 2.24) is 4.90 Å². The maximum absolute atomic E-state index is 12.1. The van der Waals surface area contributed by atoms with Gasteiger partial charge in [-0.05, 0) is 38.0 Å². The van der Waals surface area contributed by atoms with Crippen LogP contribution in [0.5, 0.6) is 5.75 Å². The molecular formula is C14H20N2O2. The molecule has 1 aliphatic heterocycles. The molecular weight excluding hydrogens is 228 g/mol. The number of rotatable bonds is 3. The summed E-state index contributed by atoms with van der Waals surface area (Å²) in [6.07, 6.45) is 0.417. The van der Waals surface area contributed by atoms with Gasteiger partial charge in [0, 0.05) is 19.1 Å². The zero-order valence-corrected chi connectivity index (χ0v) is 10.9. The summed E-state index contributed by atoms with van der Waals surface area (Å²) in [5, 5.41) is 0. The van der Waals surface area contributed by atoms with E-state index in [9.17, 15) is 4.79 Å². The Morgan fingerprint density at radius 2 is 2.33 bits per heavy atom. The van der Waals surface area contributed by atoms with Gasteiger partial charge in [0.2, 0.25) is 0 Å². The van der Waals surface area contributed by atoms with E-state index < -0.39 is 6.10 Å². The molecule has 1 aliphatic rings. The summed E-state index contributed by atoms with van der Waals surface area (Å²) in [5.41, 5.74) is 6.92. The van der Waals surface area contributed by atoms with E-state index in [0.29, 0.717) is 6.54 Å². The van der Waals surface area contributed by atoms with Gasteiger partial charge in [0.05, 0.1) is 0 Å². The van der Waals surface area contributed by atoms with Gasteiger partial charge in [0.1, 0.15) is 5.75 Å². The SMILES string of the molecule is Cc1cccc(O[C@H](C)C(=O)N2CC[C@H](N)C2)c1. The second kappa shape index (κ2) is 5.40. The Morgan fingerprint density at radius 3 is 2.94 bits per heavy atom. The Balaban J connectivity index is 1.95. The number of ether oxygens (including phenoxy) is 1. The number of likely N-dealkylation sites (tertiary alicyclic amines) is 1. The predicted molar refractivity (Wildman–Crippen MR) is 70.4 cm³/mol. The van der Waals surface area contributed by atoms with Crippen molar-refractivity contribution in [2.45, 2.75) is 32.4 Å². The molecule has 0 aromatic heterocycles. The van der Waals surface area contributed by atoms with Gasteiger partial charge in [0.15, 0.2) is 6.10 Å². The lowest BCUT2D eigenvalue weighted by Crippen LogP contribution is -2.40. The minimum atomic E-state index is -0.461. The van der Waals surface area contributed by atoms with E-state index in [-0.39, 0.29) is 11.9 Å². The Morgan fingerprint density at radius 1 is 1.56 bits per heavy atom. The quantitative estimate of drug-likeness (QED) is 0.877. The number of aryl methyl sites for hydroxylation is 1. The van der Waals surface area contributed by atoms with Crippen LogP contribution in [0, 0.1) is 6.92 Å². The lowest BCUT2D eigenvalue weighted by molar-refractivity contribution is -0.136. The monoisotopic (exact) mass is 248 g/mol. The third-order valence-corrected chi connectivity index (χ3v) is 3.19. The summed E-state index contributed by atoms with van der Waals surface area (Å²) in [6.45, 7) is 5.16. The van der Waals surface area contributed by atoms with Crippen LogP contribution < -0.4 is 10.5 Å². The van der Waals surface area contributed by atoms with Gasteiger partial charge in [-0.2, -0.15) is 0 Å². The summed E-state index contributed by atoms with van der Waals surface area (Å²) < 4.78 is 5.67. The molecule has 0 bridgehead atoms. The first-order chi connectivity index (χ1) is 8.56. The highest BCUT2D eigenvalue weighted by Crippen LogP contribution is 2.16. The van der Waals surface area contributed by atoms with Crippen LogP contribution >= 0.6 is 0 Å². The minimum absolute atomic E-state index is 0.0180. The van der Waals surface area contributed by atoms with Crippen molar-refractivity contribution < 1.29 is 9.53 Å². The Bertz CT molecular complexity index is 434. The first-order valence-corrected chi connectivity index (χ1v) is 6.34. The van der Waals surface area contributed by atoms with Crippen molar-refractivity contribution in [2.24, 2.45) is 5.73 Å². The molecule has 1 amide bonds. The second-order valence-electron chi connectivity index (χ2n) is 4.91. The number of carbonyl (C=O) groups excluding carboxylic acids is 1. The fourth-order valence-electron chi connectivity index (χ4n) is 2.19. The summed E-state index contributed by atoms with van der Waals surface area (Å²) in [7, 11) is 0. The number of hydrogen-bond donors (Lipinski definition) is 1. The zero-order chi connectivity index (χ0) is 13.1. The average Bonchev–Trinajstić information content (AvgIpc) is 2.75. The molecule has 0 spiro atoms. The van der Waals surface area contributed by atoms with Gasteiger partial charge in [-0.15, -0.1) is 0 Å². The van der Waals surface area contributed by atoms with Gasteiger partial charge in [0.25, 0.3) is 5.91 Å². The molecule has 4 heteroatoms. The highest BCUT2D eigenvalue weighted by atomic mass is 16.5. The molecule has 4 nitrogen and oxygen atoms in total. The first-order valence-electron chi connectivity index (χ1n) is 6.34. The first kappa shape index (κ1) is 12.9. The van der Waals surface area contributed by atoms with Crippen molar-refractivity contribution >= 4 is 5.91 Å². The lowest BCUT2D eigenvalue weighted by atomic mass is 10.2. The molecule has 0 unspecified atom stereocenters. The summed E-state index contributed by atoms with van der Waals surface area (Å²) in [6, 6.07) is 7.83. The molecule has 98 valence electrons. The van der Waals surface area contributed by atoms with Crippen molar-refractivity contribution in [3.63, 3.8) is 0 Å². The lowest BCUT2D eigenvalue weighted by Gasteiger charge is -2.21. The van der Waals surface area contributed by atoms with Crippen LogP contribution in [0.1, 0.15) is 18.9 Å². The van der Waals surface area contributed by atoms with Crippen LogP contribution in [-0.2, 0) is 4.79 Å². The summed E-state index contributed by atoms with van der Waals surface area (Å²) >= 11 is 0. The van der Waals surface area contributed by atoms with E-state index in [1.54, 1.807) is 11.8 Å². The fourth-order valence-corrected chi connectivity index (χ4v) is 2.19. The Hall–Kier alpha value is -1.55. The minimum Gasteiger partial charge on any atom is -0.481 e. The van der Waals surface area contributed by atoms with Crippen molar-refractivity contribution in [3.8, 4) is 5.75 Å². The van der Waals surface area contributed by atoms with E-state index in [2.05, 4.69) is 0 Å². The van der Waals surface area contributed by atoms with E-state index >= 15 is 0 Å². The van der Waals surface area contributed by atoms with E-state index in [1.807, 2.05) is 31.2 Å². The maximum atomic E-state index is 12.1. The average molecular weight is 248 g/mol. The summed E-state index contributed by atoms with van der Waals surface area (Å²) in [5.74, 6) is 0.754. The Kier molecular flexibility index (Phi) is 3.87. The van der Waals surface area contributed by atoms with Gasteiger partial charge in [-0.3, -0.25) is 4.79 Å². The van der Waals surface area contributed by atoms with Crippen LogP contribution in [0.25, 0.3) is 0 Å². The van der Waals surface area contributed by atoms with Gasteiger partial charge >= 0.3 is 0 Å². The summed E-state index contributed by atoms with van der Waals surface area (Å²) in [4.78, 5) is 13.9. The van der Waals surface area contributed by atoms with Crippen LogP contribution in [0.2, 0.25) is 0 Å². The van der Waals surface area contributed by atoms with E-state index in [0.717, 1.165) is 24.3 Å². The number of nitrogens with two attached hydrogens (primary N) is 1. The fraction of sp³-hybridized carbons (Fsp3) is 0.500. The zero-order valence-electron chi connectivity index (χ0n) is 10.9. The second-order valence-corrected chi connectivity index (χ2v) is 4.91. The third kappa shape index (κ3) is 3.01. The maximum Gasteiger partial charge on any atom is 0.263 e. The molecule has 2 atom stereocenters. The molecule has 0 saturated carbocycles. The third-order valence-electron chi connectivity index (χ3n) is 3.19. The largest absolute Gasteiger partial charge is 0.481 e. The number of hydrogen-bond acceptors (Lipinski definition) is 3.